The zero-order valence-corrected chi connectivity index (χ0v) is 12.8. The summed E-state index contributed by atoms with van der Waals surface area (Å²) in [7, 11) is 0. The van der Waals surface area contributed by atoms with Gasteiger partial charge in [-0.25, -0.2) is 4.79 Å². The number of carboxylic acid groups (broad SMARTS) is 1. The van der Waals surface area contributed by atoms with Crippen molar-refractivity contribution in [2.45, 2.75) is 53.5 Å². The lowest BCUT2D eigenvalue weighted by molar-refractivity contribution is -0.138. The van der Waals surface area contributed by atoms with Crippen molar-refractivity contribution in [3.05, 3.63) is 0 Å². The molecule has 0 saturated heterocycles. The van der Waals surface area contributed by atoms with Crippen LogP contribution in [-0.4, -0.2) is 52.6 Å². The van der Waals surface area contributed by atoms with Gasteiger partial charge in [0, 0.05) is 19.1 Å². The van der Waals surface area contributed by atoms with E-state index in [0.29, 0.717) is 19.0 Å². The van der Waals surface area contributed by atoms with E-state index in [1.165, 1.54) is 4.90 Å². The minimum atomic E-state index is -0.965. The molecule has 0 saturated carbocycles. The third-order valence-electron chi connectivity index (χ3n) is 3.56. The number of hydrogen-bond acceptors (Lipinski definition) is 2. The summed E-state index contributed by atoms with van der Waals surface area (Å²) < 4.78 is 0. The molecule has 0 radical (unpaired) electrons. The topological polar surface area (TPSA) is 60.9 Å². The van der Waals surface area contributed by atoms with Gasteiger partial charge in [-0.3, -0.25) is 4.79 Å². The van der Waals surface area contributed by atoms with Crippen molar-refractivity contribution in [2.24, 2.45) is 5.92 Å². The second-order valence-electron chi connectivity index (χ2n) is 5.11. The first-order valence-electron chi connectivity index (χ1n) is 7.14. The van der Waals surface area contributed by atoms with E-state index in [0.717, 1.165) is 12.8 Å². The van der Waals surface area contributed by atoms with Crippen LogP contribution in [-0.2, 0) is 4.79 Å². The van der Waals surface area contributed by atoms with Crippen molar-refractivity contribution in [1.82, 2.24) is 9.80 Å². The average Bonchev–Trinajstić information content (AvgIpc) is 2.39. The lowest BCUT2D eigenvalue weighted by Crippen LogP contribution is -2.50. The molecule has 0 aromatic rings. The number of hydrogen-bond donors (Lipinski definition) is 1. The second-order valence-corrected chi connectivity index (χ2v) is 5.11. The quantitative estimate of drug-likeness (QED) is 0.739. The molecular weight excluding hydrogens is 244 g/mol. The van der Waals surface area contributed by atoms with Gasteiger partial charge in [0.25, 0.3) is 0 Å². The zero-order chi connectivity index (χ0) is 15.0. The Balaban J connectivity index is 4.87. The third-order valence-corrected chi connectivity index (χ3v) is 3.56. The fourth-order valence-electron chi connectivity index (χ4n) is 1.81. The van der Waals surface area contributed by atoms with E-state index in [2.05, 4.69) is 13.8 Å². The van der Waals surface area contributed by atoms with Crippen LogP contribution >= 0.6 is 0 Å². The van der Waals surface area contributed by atoms with Gasteiger partial charge in [-0.15, -0.1) is 0 Å². The Hall–Kier alpha value is -1.26. The predicted octanol–water partition coefficient (Wildman–Crippen LogP) is 2.66. The van der Waals surface area contributed by atoms with E-state index in [9.17, 15) is 9.59 Å². The summed E-state index contributed by atoms with van der Waals surface area (Å²) in [6.07, 6.45) is 1.76. The maximum absolute atomic E-state index is 12.5. The van der Waals surface area contributed by atoms with Crippen LogP contribution in [0.15, 0.2) is 0 Å². The Labute approximate surface area is 116 Å². The molecule has 0 aliphatic carbocycles. The van der Waals surface area contributed by atoms with Crippen LogP contribution in [0.1, 0.15) is 47.5 Å². The molecule has 112 valence electrons. The summed E-state index contributed by atoms with van der Waals surface area (Å²) in [6, 6.07) is -0.228. The van der Waals surface area contributed by atoms with Crippen molar-refractivity contribution in [3.63, 3.8) is 0 Å². The average molecular weight is 272 g/mol. The molecular formula is C14H28N2O3. The highest BCUT2D eigenvalue weighted by Crippen LogP contribution is 2.11. The molecule has 0 aromatic heterocycles. The largest absolute Gasteiger partial charge is 0.480 e. The molecule has 0 aliphatic rings. The molecule has 0 fully saturated rings. The van der Waals surface area contributed by atoms with Crippen molar-refractivity contribution < 1.29 is 14.7 Å². The lowest BCUT2D eigenvalue weighted by Gasteiger charge is -2.34. The van der Waals surface area contributed by atoms with Crippen molar-refractivity contribution in [2.75, 3.05) is 19.6 Å². The van der Waals surface area contributed by atoms with Crippen LogP contribution in [0.4, 0.5) is 4.79 Å². The number of urea groups is 1. The van der Waals surface area contributed by atoms with Gasteiger partial charge in [0.2, 0.25) is 0 Å². The molecule has 2 atom stereocenters. The van der Waals surface area contributed by atoms with Gasteiger partial charge in [-0.05, 0) is 26.2 Å². The van der Waals surface area contributed by atoms with Gasteiger partial charge in [-0.2, -0.15) is 0 Å². The first kappa shape index (κ1) is 17.7. The van der Waals surface area contributed by atoms with E-state index in [1.54, 1.807) is 4.90 Å². The van der Waals surface area contributed by atoms with Crippen molar-refractivity contribution in [1.29, 1.82) is 0 Å². The number of rotatable bonds is 8. The maximum atomic E-state index is 12.5. The standard InChI is InChI=1S/C14H28N2O3/c1-6-11(4)9-15(8-3)14(19)16(10-13(17)18)12(5)7-2/h11-12H,6-10H2,1-5H3,(H,17,18). The van der Waals surface area contributed by atoms with E-state index in [4.69, 9.17) is 5.11 Å². The molecule has 5 nitrogen and oxygen atoms in total. The van der Waals surface area contributed by atoms with E-state index in [-0.39, 0.29) is 18.6 Å². The molecule has 5 heteroatoms. The van der Waals surface area contributed by atoms with E-state index in [1.807, 2.05) is 20.8 Å². The Morgan fingerprint density at radius 1 is 1.11 bits per heavy atom. The first-order valence-corrected chi connectivity index (χ1v) is 7.14. The third kappa shape index (κ3) is 5.94. The molecule has 0 aliphatic heterocycles. The van der Waals surface area contributed by atoms with Crippen molar-refractivity contribution >= 4 is 12.0 Å². The lowest BCUT2D eigenvalue weighted by atomic mass is 10.1. The molecule has 1 N–H and O–H groups in total. The Bertz CT molecular complexity index is 294. The van der Waals surface area contributed by atoms with Gasteiger partial charge in [0.05, 0.1) is 0 Å². The van der Waals surface area contributed by atoms with Crippen molar-refractivity contribution in [3.8, 4) is 0 Å². The minimum Gasteiger partial charge on any atom is -0.480 e. The molecule has 0 spiro atoms. The Kier molecular flexibility index (Phi) is 8.19. The van der Waals surface area contributed by atoms with Gasteiger partial charge in [0.15, 0.2) is 0 Å². The summed E-state index contributed by atoms with van der Waals surface area (Å²) in [4.78, 5) is 26.6. The van der Waals surface area contributed by atoms with Gasteiger partial charge in [-0.1, -0.05) is 27.2 Å². The molecule has 0 rings (SSSR count). The highest BCUT2D eigenvalue weighted by molar-refractivity contribution is 5.80. The van der Waals surface area contributed by atoms with Crippen LogP contribution in [0.2, 0.25) is 0 Å². The summed E-state index contributed by atoms with van der Waals surface area (Å²) in [5.74, 6) is -0.541. The van der Waals surface area contributed by atoms with Crippen LogP contribution in [0.5, 0.6) is 0 Å². The predicted molar refractivity (Wildman–Crippen MR) is 76.2 cm³/mol. The first-order chi connectivity index (χ1) is 8.87. The number of carbonyl (C=O) groups excluding carboxylic acids is 1. The molecule has 2 unspecified atom stereocenters. The van der Waals surface area contributed by atoms with Gasteiger partial charge in [0.1, 0.15) is 6.54 Å². The fourth-order valence-corrected chi connectivity index (χ4v) is 1.81. The molecule has 0 heterocycles. The number of carboxylic acids is 1. The summed E-state index contributed by atoms with van der Waals surface area (Å²) in [6.45, 7) is 11.0. The monoisotopic (exact) mass is 272 g/mol. The summed E-state index contributed by atoms with van der Waals surface area (Å²) >= 11 is 0. The number of aliphatic carboxylic acids is 1. The fraction of sp³-hybridized carbons (Fsp3) is 0.857. The SMILES string of the molecule is CCC(C)CN(CC)C(=O)N(CC(=O)O)C(C)CC. The molecule has 0 bridgehead atoms. The van der Waals surface area contributed by atoms with Crippen LogP contribution in [0.25, 0.3) is 0 Å². The number of carbonyl (C=O) groups is 2. The smallest absolute Gasteiger partial charge is 0.323 e. The highest BCUT2D eigenvalue weighted by Gasteiger charge is 2.26. The van der Waals surface area contributed by atoms with Gasteiger partial charge < -0.3 is 14.9 Å². The van der Waals surface area contributed by atoms with Gasteiger partial charge >= 0.3 is 12.0 Å². The highest BCUT2D eigenvalue weighted by atomic mass is 16.4. The minimum absolute atomic E-state index is 0.0606. The van der Waals surface area contributed by atoms with E-state index >= 15 is 0 Å². The second kappa shape index (κ2) is 8.77. The van der Waals surface area contributed by atoms with Crippen LogP contribution in [0.3, 0.4) is 0 Å². The Morgan fingerprint density at radius 2 is 1.68 bits per heavy atom. The van der Waals surface area contributed by atoms with Crippen LogP contribution in [0, 0.1) is 5.92 Å². The maximum Gasteiger partial charge on any atom is 0.323 e. The van der Waals surface area contributed by atoms with E-state index < -0.39 is 5.97 Å². The number of amides is 2. The number of nitrogens with zero attached hydrogens (tertiary/aromatic N) is 2. The van der Waals surface area contributed by atoms with Crippen LogP contribution < -0.4 is 0 Å². The zero-order valence-electron chi connectivity index (χ0n) is 12.8. The Morgan fingerprint density at radius 3 is 2.05 bits per heavy atom. The molecule has 2 amide bonds. The summed E-state index contributed by atoms with van der Waals surface area (Å²) in [5.41, 5.74) is 0. The normalized spacial score (nSPS) is 13.7. The molecule has 0 aromatic carbocycles. The molecule has 19 heavy (non-hydrogen) atoms. The summed E-state index contributed by atoms with van der Waals surface area (Å²) in [5, 5.41) is 8.95.